The van der Waals surface area contributed by atoms with Crippen molar-refractivity contribution < 1.29 is 13.2 Å². The van der Waals surface area contributed by atoms with E-state index in [9.17, 15) is 13.2 Å². The number of benzene rings is 1. The molecule has 0 unspecified atom stereocenters. The van der Waals surface area contributed by atoms with Crippen LogP contribution in [0, 0.1) is 0 Å². The predicted octanol–water partition coefficient (Wildman–Crippen LogP) is 1.73. The zero-order valence-corrected chi connectivity index (χ0v) is 14.6. The van der Waals surface area contributed by atoms with Gasteiger partial charge in [0.2, 0.25) is 5.91 Å². The normalized spacial score (nSPS) is 12.6. The van der Waals surface area contributed by atoms with Crippen LogP contribution < -0.4 is 0 Å². The molecule has 0 aliphatic heterocycles. The molecular weight excluding hydrogens is 326 g/mol. The van der Waals surface area contributed by atoms with Gasteiger partial charge >= 0.3 is 0 Å². The first kappa shape index (κ1) is 18.1. The Morgan fingerprint density at radius 3 is 2.54 bits per heavy atom. The molecule has 6 nitrogen and oxygen atoms in total. The van der Waals surface area contributed by atoms with Crippen LogP contribution in [-0.4, -0.2) is 48.0 Å². The summed E-state index contributed by atoms with van der Waals surface area (Å²) in [5, 5.41) is 0. The molecule has 0 saturated carbocycles. The zero-order chi connectivity index (χ0) is 17.6. The number of carbonyl (C=O) groups excluding carboxylic acids is 1. The number of sulfone groups is 1. The van der Waals surface area contributed by atoms with E-state index in [1.54, 1.807) is 60.9 Å². The van der Waals surface area contributed by atoms with Crippen molar-refractivity contribution in [2.45, 2.75) is 30.7 Å². The van der Waals surface area contributed by atoms with Gasteiger partial charge < -0.3 is 4.90 Å². The van der Waals surface area contributed by atoms with Gasteiger partial charge in [-0.05, 0) is 19.1 Å². The highest BCUT2D eigenvalue weighted by molar-refractivity contribution is 7.91. The first-order valence-electron chi connectivity index (χ1n) is 7.68. The van der Waals surface area contributed by atoms with Gasteiger partial charge in [0.15, 0.2) is 9.84 Å². The Morgan fingerprint density at radius 2 is 1.92 bits per heavy atom. The first-order chi connectivity index (χ1) is 11.4. The van der Waals surface area contributed by atoms with E-state index in [1.807, 2.05) is 6.92 Å². The molecule has 2 aromatic rings. The van der Waals surface area contributed by atoms with Crippen molar-refractivity contribution in [3.8, 4) is 0 Å². The number of carbonyl (C=O) groups is 1. The van der Waals surface area contributed by atoms with Crippen LogP contribution in [0.5, 0.6) is 0 Å². The van der Waals surface area contributed by atoms with E-state index in [4.69, 9.17) is 0 Å². The third kappa shape index (κ3) is 4.86. The van der Waals surface area contributed by atoms with Gasteiger partial charge in [0, 0.05) is 44.5 Å². The van der Waals surface area contributed by atoms with Gasteiger partial charge in [0.1, 0.15) is 0 Å². The molecule has 2 rings (SSSR count). The lowest BCUT2D eigenvalue weighted by Gasteiger charge is -2.24. The first-order valence-corrected chi connectivity index (χ1v) is 9.34. The van der Waals surface area contributed by atoms with Crippen LogP contribution in [0.15, 0.2) is 53.8 Å². The molecule has 1 amide bonds. The van der Waals surface area contributed by atoms with Crippen molar-refractivity contribution in [1.82, 2.24) is 14.9 Å². The SMILES string of the molecule is C[C@H](Cc1cnccn1)N(C)C(=O)CCS(=O)(=O)c1ccccc1. The molecule has 1 heterocycles. The molecule has 0 radical (unpaired) electrons. The fourth-order valence-electron chi connectivity index (χ4n) is 2.26. The summed E-state index contributed by atoms with van der Waals surface area (Å²) in [5.74, 6) is -0.399. The average Bonchev–Trinajstić information content (AvgIpc) is 2.60. The van der Waals surface area contributed by atoms with Gasteiger partial charge in [-0.25, -0.2) is 8.42 Å². The summed E-state index contributed by atoms with van der Waals surface area (Å²) < 4.78 is 24.5. The van der Waals surface area contributed by atoms with Crippen LogP contribution in [0.25, 0.3) is 0 Å². The third-order valence-electron chi connectivity index (χ3n) is 3.86. The minimum atomic E-state index is -3.44. The fraction of sp³-hybridized carbons (Fsp3) is 0.353. The van der Waals surface area contributed by atoms with Crippen LogP contribution in [0.4, 0.5) is 0 Å². The van der Waals surface area contributed by atoms with Crippen LogP contribution >= 0.6 is 0 Å². The molecule has 0 aliphatic rings. The topological polar surface area (TPSA) is 80.2 Å². The lowest BCUT2D eigenvalue weighted by atomic mass is 10.1. The molecule has 0 N–H and O–H groups in total. The second-order valence-corrected chi connectivity index (χ2v) is 7.75. The van der Waals surface area contributed by atoms with Gasteiger partial charge in [0.05, 0.1) is 16.3 Å². The Morgan fingerprint density at radius 1 is 1.21 bits per heavy atom. The summed E-state index contributed by atoms with van der Waals surface area (Å²) in [6.45, 7) is 1.90. The van der Waals surface area contributed by atoms with E-state index in [1.165, 1.54) is 0 Å². The highest BCUT2D eigenvalue weighted by Gasteiger charge is 2.21. The maximum absolute atomic E-state index is 12.3. The van der Waals surface area contributed by atoms with Crippen molar-refractivity contribution in [2.24, 2.45) is 0 Å². The van der Waals surface area contributed by atoms with Gasteiger partial charge in [-0.15, -0.1) is 0 Å². The maximum Gasteiger partial charge on any atom is 0.223 e. The van der Waals surface area contributed by atoms with Gasteiger partial charge in [-0.2, -0.15) is 0 Å². The minimum absolute atomic E-state index is 0.0431. The number of aromatic nitrogens is 2. The second kappa shape index (κ2) is 8.01. The molecular formula is C17H21N3O3S. The summed E-state index contributed by atoms with van der Waals surface area (Å²) >= 11 is 0. The highest BCUT2D eigenvalue weighted by Crippen LogP contribution is 2.12. The number of rotatable bonds is 7. The quantitative estimate of drug-likeness (QED) is 0.762. The van der Waals surface area contributed by atoms with Crippen LogP contribution in [0.3, 0.4) is 0 Å². The number of nitrogens with zero attached hydrogens (tertiary/aromatic N) is 3. The third-order valence-corrected chi connectivity index (χ3v) is 5.59. The summed E-state index contributed by atoms with van der Waals surface area (Å²) in [6.07, 6.45) is 5.39. The van der Waals surface area contributed by atoms with Crippen molar-refractivity contribution in [3.63, 3.8) is 0 Å². The molecule has 0 bridgehead atoms. The Kier molecular flexibility index (Phi) is 6.03. The van der Waals surface area contributed by atoms with E-state index < -0.39 is 9.84 Å². The fourth-order valence-corrected chi connectivity index (χ4v) is 3.52. The molecule has 128 valence electrons. The van der Waals surface area contributed by atoms with E-state index in [0.29, 0.717) is 6.42 Å². The molecule has 0 aliphatic carbocycles. The standard InChI is InChI=1S/C17H21N3O3S/c1-14(12-15-13-18-9-10-19-15)20(2)17(21)8-11-24(22,23)16-6-4-3-5-7-16/h3-7,9-10,13-14H,8,11-12H2,1-2H3/t14-/m1/s1. The maximum atomic E-state index is 12.3. The molecule has 1 aromatic heterocycles. The van der Waals surface area contributed by atoms with Gasteiger partial charge in [0.25, 0.3) is 0 Å². The lowest BCUT2D eigenvalue weighted by molar-refractivity contribution is -0.131. The second-order valence-electron chi connectivity index (χ2n) is 5.64. The number of likely N-dealkylation sites (N-methyl/N-ethyl adjacent to an activating group) is 1. The van der Waals surface area contributed by atoms with Crippen LogP contribution in [-0.2, 0) is 21.1 Å². The molecule has 0 spiro atoms. The molecule has 1 atom stereocenters. The van der Waals surface area contributed by atoms with Gasteiger partial charge in [-0.1, -0.05) is 18.2 Å². The summed E-state index contributed by atoms with van der Waals surface area (Å²) in [4.78, 5) is 22.3. The van der Waals surface area contributed by atoms with Crippen LogP contribution in [0.2, 0.25) is 0 Å². The molecule has 0 saturated heterocycles. The number of amides is 1. The number of hydrogen-bond donors (Lipinski definition) is 0. The molecule has 1 aromatic carbocycles. The summed E-state index contributed by atoms with van der Waals surface area (Å²) in [7, 11) is -1.76. The predicted molar refractivity (Wildman–Crippen MR) is 91.1 cm³/mol. The van der Waals surface area contributed by atoms with Crippen molar-refractivity contribution in [1.29, 1.82) is 0 Å². The summed E-state index contributed by atoms with van der Waals surface area (Å²) in [6, 6.07) is 8.09. The van der Waals surface area contributed by atoms with E-state index in [2.05, 4.69) is 9.97 Å². The van der Waals surface area contributed by atoms with Crippen molar-refractivity contribution in [3.05, 3.63) is 54.6 Å². The average molecular weight is 347 g/mol. The molecule has 7 heteroatoms. The van der Waals surface area contributed by atoms with Crippen LogP contribution in [0.1, 0.15) is 19.0 Å². The van der Waals surface area contributed by atoms with E-state index in [-0.39, 0.29) is 29.0 Å². The van der Waals surface area contributed by atoms with E-state index >= 15 is 0 Å². The minimum Gasteiger partial charge on any atom is -0.343 e. The smallest absolute Gasteiger partial charge is 0.223 e. The molecule has 24 heavy (non-hydrogen) atoms. The monoisotopic (exact) mass is 347 g/mol. The highest BCUT2D eigenvalue weighted by atomic mass is 32.2. The zero-order valence-electron chi connectivity index (χ0n) is 13.8. The van der Waals surface area contributed by atoms with Crippen molar-refractivity contribution >= 4 is 15.7 Å². The Balaban J connectivity index is 1.92. The Bertz CT molecular complexity index is 764. The Labute approximate surface area is 142 Å². The summed E-state index contributed by atoms with van der Waals surface area (Å²) in [5.41, 5.74) is 0.793. The van der Waals surface area contributed by atoms with Crippen molar-refractivity contribution in [2.75, 3.05) is 12.8 Å². The number of hydrogen-bond acceptors (Lipinski definition) is 5. The lowest BCUT2D eigenvalue weighted by Crippen LogP contribution is -2.37. The Hall–Kier alpha value is -2.28. The van der Waals surface area contributed by atoms with Gasteiger partial charge in [-0.3, -0.25) is 14.8 Å². The largest absolute Gasteiger partial charge is 0.343 e. The van der Waals surface area contributed by atoms with E-state index in [0.717, 1.165) is 5.69 Å². The molecule has 0 fully saturated rings.